The Hall–Kier alpha value is -1.01. The minimum Gasteiger partial charge on any atom is -0.263 e. The molecule has 0 aliphatic rings. The maximum atomic E-state index is 12.3. The second-order valence-electron chi connectivity index (χ2n) is 4.00. The highest BCUT2D eigenvalue weighted by Gasteiger charge is 2.20. The van der Waals surface area contributed by atoms with Gasteiger partial charge in [-0.1, -0.05) is 34.8 Å². The lowest BCUT2D eigenvalue weighted by Crippen LogP contribution is -2.14. The fourth-order valence-corrected chi connectivity index (χ4v) is 3.42. The van der Waals surface area contributed by atoms with E-state index in [1.165, 1.54) is 30.5 Å². The van der Waals surface area contributed by atoms with E-state index in [4.69, 9.17) is 34.8 Å². The molecule has 0 spiro atoms. The number of nitrogens with zero attached hydrogens (tertiary/aromatic N) is 1. The lowest BCUT2D eigenvalue weighted by atomic mass is 10.2. The van der Waals surface area contributed by atoms with Gasteiger partial charge in [0, 0.05) is 11.2 Å². The molecule has 0 bridgehead atoms. The minimum atomic E-state index is -3.84. The Balaban J connectivity index is 2.40. The molecule has 2 rings (SSSR count). The van der Waals surface area contributed by atoms with E-state index in [0.29, 0.717) is 15.6 Å². The predicted octanol–water partition coefficient (Wildman–Crippen LogP) is 4.15. The van der Waals surface area contributed by atoms with Crippen molar-refractivity contribution in [1.29, 1.82) is 0 Å². The molecule has 0 unspecified atom stereocenters. The van der Waals surface area contributed by atoms with Gasteiger partial charge in [-0.3, -0.25) is 4.72 Å². The third-order valence-electron chi connectivity index (χ3n) is 2.47. The summed E-state index contributed by atoms with van der Waals surface area (Å²) < 4.78 is 26.8. The standard InChI is InChI=1S/C12H9Cl3N2O2S/c1-7-4-11(10(15)5-9(7)14)20(18,19)17-12-3-2-8(13)6-16-12/h2-6H,1H3,(H,16,17). The Morgan fingerprint density at radius 2 is 1.80 bits per heavy atom. The molecule has 1 N–H and O–H groups in total. The van der Waals surface area contributed by atoms with Crippen molar-refractivity contribution in [2.24, 2.45) is 0 Å². The van der Waals surface area contributed by atoms with Crippen molar-refractivity contribution in [3.05, 3.63) is 51.1 Å². The molecule has 1 aromatic carbocycles. The molecule has 1 heterocycles. The normalized spacial score (nSPS) is 11.4. The third kappa shape index (κ3) is 3.35. The summed E-state index contributed by atoms with van der Waals surface area (Å²) in [6.07, 6.45) is 1.34. The van der Waals surface area contributed by atoms with E-state index in [9.17, 15) is 8.42 Å². The number of aromatic nitrogens is 1. The topological polar surface area (TPSA) is 59.1 Å². The number of rotatable bonds is 3. The molecule has 0 atom stereocenters. The molecule has 0 amide bonds. The van der Waals surface area contributed by atoms with E-state index in [-0.39, 0.29) is 15.7 Å². The summed E-state index contributed by atoms with van der Waals surface area (Å²) in [5.74, 6) is 0.151. The number of benzene rings is 1. The maximum absolute atomic E-state index is 12.3. The fraction of sp³-hybridized carbons (Fsp3) is 0.0833. The van der Waals surface area contributed by atoms with Crippen LogP contribution in [-0.2, 0) is 10.0 Å². The number of hydrogen-bond donors (Lipinski definition) is 1. The van der Waals surface area contributed by atoms with Crippen molar-refractivity contribution in [3.63, 3.8) is 0 Å². The van der Waals surface area contributed by atoms with Gasteiger partial charge in [0.25, 0.3) is 10.0 Å². The van der Waals surface area contributed by atoms with Gasteiger partial charge in [0.2, 0.25) is 0 Å². The molecule has 8 heteroatoms. The Morgan fingerprint density at radius 3 is 2.40 bits per heavy atom. The minimum absolute atomic E-state index is 0.0436. The molecule has 0 saturated heterocycles. The smallest absolute Gasteiger partial charge is 0.263 e. The number of pyridine rings is 1. The molecule has 20 heavy (non-hydrogen) atoms. The molecule has 4 nitrogen and oxygen atoms in total. The Bertz CT molecular complexity index is 746. The Labute approximate surface area is 131 Å². The van der Waals surface area contributed by atoms with Crippen molar-refractivity contribution >= 4 is 50.6 Å². The number of nitrogens with one attached hydrogen (secondary N) is 1. The van der Waals surface area contributed by atoms with Crippen LogP contribution in [0.4, 0.5) is 5.82 Å². The largest absolute Gasteiger partial charge is 0.264 e. The summed E-state index contributed by atoms with van der Waals surface area (Å²) in [5, 5.41) is 0.856. The van der Waals surface area contributed by atoms with E-state index >= 15 is 0 Å². The zero-order valence-corrected chi connectivity index (χ0v) is 13.3. The summed E-state index contributed by atoms with van der Waals surface area (Å²) >= 11 is 17.5. The summed E-state index contributed by atoms with van der Waals surface area (Å²) in [6.45, 7) is 1.69. The first kappa shape index (κ1) is 15.4. The molecule has 0 fully saturated rings. The van der Waals surface area contributed by atoms with Crippen molar-refractivity contribution in [2.75, 3.05) is 4.72 Å². The quantitative estimate of drug-likeness (QED) is 0.903. The van der Waals surface area contributed by atoms with Gasteiger partial charge < -0.3 is 0 Å². The molecule has 0 aliphatic carbocycles. The van der Waals surface area contributed by atoms with Crippen LogP contribution >= 0.6 is 34.8 Å². The summed E-state index contributed by atoms with van der Waals surface area (Å²) in [5.41, 5.74) is 0.612. The number of hydrogen-bond acceptors (Lipinski definition) is 3. The average Bonchev–Trinajstić information content (AvgIpc) is 2.36. The Kier molecular flexibility index (Phi) is 4.44. The van der Waals surface area contributed by atoms with Gasteiger partial charge in [-0.15, -0.1) is 0 Å². The van der Waals surface area contributed by atoms with Gasteiger partial charge in [-0.25, -0.2) is 13.4 Å². The van der Waals surface area contributed by atoms with Crippen molar-refractivity contribution < 1.29 is 8.42 Å². The van der Waals surface area contributed by atoms with Crippen LogP contribution in [-0.4, -0.2) is 13.4 Å². The molecule has 106 valence electrons. The Morgan fingerprint density at radius 1 is 1.10 bits per heavy atom. The zero-order valence-electron chi connectivity index (χ0n) is 10.2. The lowest BCUT2D eigenvalue weighted by molar-refractivity contribution is 0.601. The van der Waals surface area contributed by atoms with Gasteiger partial charge in [-0.05, 0) is 36.8 Å². The van der Waals surface area contributed by atoms with Crippen LogP contribution in [0.2, 0.25) is 15.1 Å². The summed E-state index contributed by atoms with van der Waals surface area (Å²) in [7, 11) is -3.84. The van der Waals surface area contributed by atoms with Crippen molar-refractivity contribution in [3.8, 4) is 0 Å². The van der Waals surface area contributed by atoms with E-state index in [2.05, 4.69) is 9.71 Å². The first-order valence-electron chi connectivity index (χ1n) is 5.39. The van der Waals surface area contributed by atoms with Crippen LogP contribution in [0.25, 0.3) is 0 Å². The van der Waals surface area contributed by atoms with Crippen LogP contribution in [0.3, 0.4) is 0 Å². The number of aryl methyl sites for hydroxylation is 1. The summed E-state index contributed by atoms with van der Waals surface area (Å²) in [4.78, 5) is 3.81. The fourth-order valence-electron chi connectivity index (χ4n) is 1.47. The number of anilines is 1. The lowest BCUT2D eigenvalue weighted by Gasteiger charge is -2.10. The molecule has 0 aliphatic heterocycles. The molecular formula is C12H9Cl3N2O2S. The van der Waals surface area contributed by atoms with E-state index < -0.39 is 10.0 Å². The van der Waals surface area contributed by atoms with Crippen LogP contribution < -0.4 is 4.72 Å². The van der Waals surface area contributed by atoms with Crippen molar-refractivity contribution in [2.45, 2.75) is 11.8 Å². The van der Waals surface area contributed by atoms with Gasteiger partial charge in [0.1, 0.15) is 10.7 Å². The molecule has 2 aromatic rings. The van der Waals surface area contributed by atoms with E-state index in [0.717, 1.165) is 0 Å². The van der Waals surface area contributed by atoms with Crippen LogP contribution in [0, 0.1) is 6.92 Å². The second kappa shape index (κ2) is 5.77. The van der Waals surface area contributed by atoms with Crippen molar-refractivity contribution in [1.82, 2.24) is 4.98 Å². The van der Waals surface area contributed by atoms with E-state index in [1.807, 2.05) is 0 Å². The average molecular weight is 352 g/mol. The SMILES string of the molecule is Cc1cc(S(=O)(=O)Nc2ccc(Cl)cn2)c(Cl)cc1Cl. The van der Waals surface area contributed by atoms with Crippen LogP contribution in [0.5, 0.6) is 0 Å². The first-order chi connectivity index (χ1) is 9.29. The van der Waals surface area contributed by atoms with Gasteiger partial charge in [0.05, 0.1) is 10.0 Å². The van der Waals surface area contributed by atoms with Crippen LogP contribution in [0.1, 0.15) is 5.56 Å². The van der Waals surface area contributed by atoms with Crippen LogP contribution in [0.15, 0.2) is 35.4 Å². The maximum Gasteiger partial charge on any atom is 0.264 e. The summed E-state index contributed by atoms with van der Waals surface area (Å²) in [6, 6.07) is 5.78. The van der Waals surface area contributed by atoms with Gasteiger partial charge >= 0.3 is 0 Å². The highest BCUT2D eigenvalue weighted by Crippen LogP contribution is 2.29. The molecule has 1 aromatic heterocycles. The monoisotopic (exact) mass is 350 g/mol. The zero-order chi connectivity index (χ0) is 14.9. The van der Waals surface area contributed by atoms with Gasteiger partial charge in [0.15, 0.2) is 0 Å². The molecular weight excluding hydrogens is 343 g/mol. The molecule has 0 radical (unpaired) electrons. The first-order valence-corrected chi connectivity index (χ1v) is 8.01. The number of sulfonamides is 1. The molecule has 0 saturated carbocycles. The highest BCUT2D eigenvalue weighted by molar-refractivity contribution is 7.92. The second-order valence-corrected chi connectivity index (χ2v) is 6.90. The third-order valence-corrected chi connectivity index (χ3v) is 4.92. The van der Waals surface area contributed by atoms with Gasteiger partial charge in [-0.2, -0.15) is 0 Å². The number of halogens is 3. The highest BCUT2D eigenvalue weighted by atomic mass is 35.5. The van der Waals surface area contributed by atoms with E-state index in [1.54, 1.807) is 6.92 Å². The predicted molar refractivity (Wildman–Crippen MR) is 81.3 cm³/mol.